The summed E-state index contributed by atoms with van der Waals surface area (Å²) in [5.41, 5.74) is 0.772. The monoisotopic (exact) mass is 349 g/mol. The van der Waals surface area contributed by atoms with E-state index >= 15 is 0 Å². The molecule has 0 aromatic carbocycles. The van der Waals surface area contributed by atoms with Gasteiger partial charge in [0.25, 0.3) is 0 Å². The molecule has 1 aliphatic rings. The Balaban J connectivity index is 1.50. The summed E-state index contributed by atoms with van der Waals surface area (Å²) in [7, 11) is 0. The van der Waals surface area contributed by atoms with Crippen LogP contribution in [0, 0.1) is 5.41 Å². The molecular formula is C17H23N3O3S. The lowest BCUT2D eigenvalue weighted by Gasteiger charge is -2.39. The van der Waals surface area contributed by atoms with Crippen molar-refractivity contribution in [2.24, 2.45) is 5.41 Å². The van der Waals surface area contributed by atoms with Gasteiger partial charge in [0.15, 0.2) is 10.9 Å². The van der Waals surface area contributed by atoms with Gasteiger partial charge < -0.3 is 14.8 Å². The van der Waals surface area contributed by atoms with Gasteiger partial charge in [0, 0.05) is 12.0 Å². The minimum Gasteiger partial charge on any atom is -0.463 e. The van der Waals surface area contributed by atoms with Crippen molar-refractivity contribution in [3.05, 3.63) is 23.8 Å². The van der Waals surface area contributed by atoms with Gasteiger partial charge in [0.2, 0.25) is 5.91 Å². The van der Waals surface area contributed by atoms with E-state index in [1.54, 1.807) is 6.26 Å². The summed E-state index contributed by atoms with van der Waals surface area (Å²) in [5, 5.41) is 14.9. The molecule has 3 heterocycles. The normalized spacial score (nSPS) is 17.8. The van der Waals surface area contributed by atoms with E-state index in [4.69, 9.17) is 4.42 Å². The van der Waals surface area contributed by atoms with Crippen LogP contribution >= 0.6 is 11.3 Å². The topological polar surface area (TPSA) is 78.6 Å². The molecule has 0 radical (unpaired) electrons. The van der Waals surface area contributed by atoms with E-state index in [9.17, 15) is 9.90 Å². The molecule has 2 N–H and O–H groups in total. The van der Waals surface area contributed by atoms with Gasteiger partial charge in [0.05, 0.1) is 12.8 Å². The number of anilines is 1. The fraction of sp³-hybridized carbons (Fsp3) is 0.529. The molecule has 7 heteroatoms. The zero-order valence-corrected chi connectivity index (χ0v) is 14.6. The molecule has 0 aliphatic carbocycles. The zero-order chi connectivity index (χ0) is 17.0. The van der Waals surface area contributed by atoms with Crippen LogP contribution in [0.4, 0.5) is 5.13 Å². The van der Waals surface area contributed by atoms with E-state index in [2.05, 4.69) is 22.1 Å². The highest BCUT2D eigenvalue weighted by atomic mass is 32.1. The van der Waals surface area contributed by atoms with Crippen molar-refractivity contribution < 1.29 is 14.3 Å². The molecule has 24 heavy (non-hydrogen) atoms. The number of carbonyl (C=O) groups excluding carboxylic acids is 1. The highest BCUT2D eigenvalue weighted by Crippen LogP contribution is 2.34. The number of rotatable bonds is 6. The summed E-state index contributed by atoms with van der Waals surface area (Å²) >= 11 is 1.39. The minimum atomic E-state index is -0.0525. The van der Waals surface area contributed by atoms with Crippen LogP contribution in [0.25, 0.3) is 11.5 Å². The standard InChI is InChI=1S/C17H23N3O3S/c1-2-17(12-21)5-7-20(8-6-17)10-15(22)19-16-18-13(11-24-16)14-4-3-9-23-14/h3-4,9,11,21H,2,5-8,10,12H2,1H3,(H,18,19,22). The van der Waals surface area contributed by atoms with Crippen molar-refractivity contribution in [1.82, 2.24) is 9.88 Å². The van der Waals surface area contributed by atoms with Gasteiger partial charge in [-0.3, -0.25) is 9.69 Å². The highest BCUT2D eigenvalue weighted by Gasteiger charge is 2.32. The van der Waals surface area contributed by atoms with Crippen molar-refractivity contribution in [2.75, 3.05) is 31.6 Å². The van der Waals surface area contributed by atoms with Crippen LogP contribution in [0.5, 0.6) is 0 Å². The number of aromatic nitrogens is 1. The number of thiazole rings is 1. The number of piperidine rings is 1. The van der Waals surface area contributed by atoms with Gasteiger partial charge in [0.1, 0.15) is 5.69 Å². The van der Waals surface area contributed by atoms with Crippen LogP contribution in [0.3, 0.4) is 0 Å². The number of aliphatic hydroxyl groups excluding tert-OH is 1. The maximum absolute atomic E-state index is 12.2. The summed E-state index contributed by atoms with van der Waals surface area (Å²) in [6.45, 7) is 4.41. The van der Waals surface area contributed by atoms with E-state index in [1.807, 2.05) is 17.5 Å². The SMILES string of the molecule is CCC1(CO)CCN(CC(=O)Nc2nc(-c3ccco3)cs2)CC1. The third kappa shape index (κ3) is 3.85. The predicted octanol–water partition coefficient (Wildman–Crippen LogP) is 2.83. The molecule has 130 valence electrons. The number of nitrogens with one attached hydrogen (secondary N) is 1. The number of nitrogens with zero attached hydrogens (tertiary/aromatic N) is 2. The van der Waals surface area contributed by atoms with Gasteiger partial charge in [-0.1, -0.05) is 6.92 Å². The molecule has 0 saturated carbocycles. The maximum Gasteiger partial charge on any atom is 0.240 e. The van der Waals surface area contributed by atoms with E-state index in [0.29, 0.717) is 17.4 Å². The molecule has 6 nitrogen and oxygen atoms in total. The lowest BCUT2D eigenvalue weighted by Crippen LogP contribution is -2.44. The first kappa shape index (κ1) is 17.1. The Hall–Kier alpha value is -1.70. The van der Waals surface area contributed by atoms with Crippen LogP contribution < -0.4 is 5.32 Å². The first-order chi connectivity index (χ1) is 11.6. The van der Waals surface area contributed by atoms with Crippen molar-refractivity contribution in [3.63, 3.8) is 0 Å². The number of likely N-dealkylation sites (tertiary alicyclic amines) is 1. The molecule has 0 atom stereocenters. The van der Waals surface area contributed by atoms with Crippen LogP contribution in [-0.2, 0) is 4.79 Å². The van der Waals surface area contributed by atoms with Crippen molar-refractivity contribution in [3.8, 4) is 11.5 Å². The molecule has 3 rings (SSSR count). The molecule has 1 fully saturated rings. The average Bonchev–Trinajstić information content (AvgIpc) is 3.27. The molecule has 0 spiro atoms. The summed E-state index contributed by atoms with van der Waals surface area (Å²) in [6.07, 6.45) is 4.46. The number of hydrogen-bond donors (Lipinski definition) is 2. The first-order valence-electron chi connectivity index (χ1n) is 8.26. The minimum absolute atomic E-state index is 0.0419. The summed E-state index contributed by atoms with van der Waals surface area (Å²) < 4.78 is 5.30. The molecule has 1 saturated heterocycles. The van der Waals surface area contributed by atoms with Gasteiger partial charge in [-0.05, 0) is 49.9 Å². The molecular weight excluding hydrogens is 326 g/mol. The Labute approximate surface area is 145 Å². The molecule has 2 aromatic heterocycles. The second-order valence-corrected chi connectivity index (χ2v) is 7.21. The number of carbonyl (C=O) groups is 1. The Kier molecular flexibility index (Phi) is 5.33. The third-order valence-electron chi connectivity index (χ3n) is 4.89. The average molecular weight is 349 g/mol. The molecule has 0 bridgehead atoms. The van der Waals surface area contributed by atoms with E-state index in [0.717, 1.165) is 38.0 Å². The molecule has 0 unspecified atom stereocenters. The predicted molar refractivity (Wildman–Crippen MR) is 93.9 cm³/mol. The Morgan fingerprint density at radius 3 is 2.92 bits per heavy atom. The second-order valence-electron chi connectivity index (χ2n) is 6.35. The smallest absolute Gasteiger partial charge is 0.240 e. The van der Waals surface area contributed by atoms with Gasteiger partial charge in [-0.25, -0.2) is 4.98 Å². The Morgan fingerprint density at radius 2 is 2.29 bits per heavy atom. The van der Waals surface area contributed by atoms with Crippen LogP contribution in [-0.4, -0.2) is 47.1 Å². The number of furan rings is 1. The molecule has 1 aliphatic heterocycles. The number of amides is 1. The van der Waals surface area contributed by atoms with E-state index in [-0.39, 0.29) is 17.9 Å². The summed E-state index contributed by atoms with van der Waals surface area (Å²) in [6, 6.07) is 3.65. The third-order valence-corrected chi connectivity index (χ3v) is 5.65. The van der Waals surface area contributed by atoms with Gasteiger partial charge in [-0.2, -0.15) is 0 Å². The fourth-order valence-corrected chi connectivity index (χ4v) is 3.76. The largest absolute Gasteiger partial charge is 0.463 e. The van der Waals surface area contributed by atoms with Crippen LogP contribution in [0.2, 0.25) is 0 Å². The highest BCUT2D eigenvalue weighted by molar-refractivity contribution is 7.14. The fourth-order valence-electron chi connectivity index (χ4n) is 3.04. The summed E-state index contributed by atoms with van der Waals surface area (Å²) in [4.78, 5) is 18.7. The molecule has 1 amide bonds. The van der Waals surface area contributed by atoms with Crippen molar-refractivity contribution >= 4 is 22.4 Å². The lowest BCUT2D eigenvalue weighted by atomic mass is 9.77. The molecule has 2 aromatic rings. The van der Waals surface area contributed by atoms with Crippen LogP contribution in [0.15, 0.2) is 28.2 Å². The quantitative estimate of drug-likeness (QED) is 0.838. The zero-order valence-electron chi connectivity index (χ0n) is 13.8. The number of hydrogen-bond acceptors (Lipinski definition) is 6. The van der Waals surface area contributed by atoms with Gasteiger partial charge >= 0.3 is 0 Å². The Morgan fingerprint density at radius 1 is 1.50 bits per heavy atom. The van der Waals surface area contributed by atoms with Gasteiger partial charge in [-0.15, -0.1) is 11.3 Å². The van der Waals surface area contributed by atoms with Crippen LogP contribution in [0.1, 0.15) is 26.2 Å². The summed E-state index contributed by atoms with van der Waals surface area (Å²) in [5.74, 6) is 0.644. The maximum atomic E-state index is 12.2. The second kappa shape index (κ2) is 7.46. The van der Waals surface area contributed by atoms with E-state index < -0.39 is 0 Å². The van der Waals surface area contributed by atoms with Crippen molar-refractivity contribution in [2.45, 2.75) is 26.2 Å². The first-order valence-corrected chi connectivity index (χ1v) is 9.14. The number of aliphatic hydroxyl groups is 1. The van der Waals surface area contributed by atoms with E-state index in [1.165, 1.54) is 11.3 Å². The Bertz CT molecular complexity index is 654. The lowest BCUT2D eigenvalue weighted by molar-refractivity contribution is -0.118. The van der Waals surface area contributed by atoms with Crippen molar-refractivity contribution in [1.29, 1.82) is 0 Å².